The number of hydrogen-bond donors (Lipinski definition) is 1. The summed E-state index contributed by atoms with van der Waals surface area (Å²) in [7, 11) is -1.65. The van der Waals surface area contributed by atoms with E-state index in [1.807, 2.05) is 0 Å². The van der Waals surface area contributed by atoms with Crippen molar-refractivity contribution in [2.45, 2.75) is 13.3 Å². The number of benzene rings is 1. The Kier molecular flexibility index (Phi) is 5.17. The molecule has 0 radical (unpaired) electrons. The largest absolute Gasteiger partial charge is 0.452 e. The highest BCUT2D eigenvalue weighted by molar-refractivity contribution is 7.93. The second kappa shape index (κ2) is 7.39. The Labute approximate surface area is 157 Å². The van der Waals surface area contributed by atoms with E-state index in [4.69, 9.17) is 4.74 Å². The van der Waals surface area contributed by atoms with Crippen molar-refractivity contribution in [3.63, 3.8) is 0 Å². The molecule has 1 N–H and O–H groups in total. The molecule has 0 spiro atoms. The number of hydrogen-bond acceptors (Lipinski definition) is 6. The lowest BCUT2D eigenvalue weighted by Crippen LogP contribution is -2.25. The van der Waals surface area contributed by atoms with E-state index in [0.29, 0.717) is 24.5 Å². The van der Waals surface area contributed by atoms with Crippen LogP contribution in [0.5, 0.6) is 0 Å². The minimum Gasteiger partial charge on any atom is -0.452 e. The van der Waals surface area contributed by atoms with Gasteiger partial charge in [-0.15, -0.1) is 0 Å². The Morgan fingerprint density at radius 3 is 2.70 bits per heavy atom. The predicted octanol–water partition coefficient (Wildman–Crippen LogP) is 1.06. The lowest BCUT2D eigenvalue weighted by atomic mass is 10.2. The average Bonchev–Trinajstić information content (AvgIpc) is 3.13. The molecule has 9 nitrogen and oxygen atoms in total. The fraction of sp³-hybridized carbons (Fsp3) is 0.353. The Balaban J connectivity index is 1.62. The molecule has 2 aromatic rings. The Morgan fingerprint density at radius 2 is 2.07 bits per heavy atom. The number of nitrogens with one attached hydrogen (secondary N) is 1. The van der Waals surface area contributed by atoms with Crippen molar-refractivity contribution in [2.75, 3.05) is 28.5 Å². The van der Waals surface area contributed by atoms with Crippen molar-refractivity contribution < 1.29 is 22.7 Å². The van der Waals surface area contributed by atoms with Crippen LogP contribution in [0.15, 0.2) is 30.3 Å². The van der Waals surface area contributed by atoms with Crippen LogP contribution in [0, 0.1) is 6.92 Å². The number of carbonyl (C=O) groups is 2. The topological polar surface area (TPSA) is 111 Å². The molecule has 1 fully saturated rings. The van der Waals surface area contributed by atoms with Crippen molar-refractivity contribution in [1.29, 1.82) is 0 Å². The molecule has 0 saturated carbocycles. The lowest BCUT2D eigenvalue weighted by Gasteiger charge is -2.17. The molecule has 0 bridgehead atoms. The summed E-state index contributed by atoms with van der Waals surface area (Å²) in [6.45, 7) is 1.71. The van der Waals surface area contributed by atoms with Gasteiger partial charge in [0, 0.05) is 19.7 Å². The van der Waals surface area contributed by atoms with Crippen LogP contribution < -0.4 is 9.62 Å². The van der Waals surface area contributed by atoms with Gasteiger partial charge >= 0.3 is 5.97 Å². The van der Waals surface area contributed by atoms with E-state index in [-0.39, 0.29) is 11.3 Å². The maximum atomic E-state index is 12.2. The molecule has 3 rings (SSSR count). The van der Waals surface area contributed by atoms with Crippen LogP contribution in [0.1, 0.15) is 22.5 Å². The highest BCUT2D eigenvalue weighted by atomic mass is 32.2. The van der Waals surface area contributed by atoms with Gasteiger partial charge in [0.15, 0.2) is 6.61 Å². The van der Waals surface area contributed by atoms with E-state index in [2.05, 4.69) is 10.4 Å². The minimum atomic E-state index is -3.34. The number of nitrogens with zero attached hydrogens (tertiary/aromatic N) is 3. The van der Waals surface area contributed by atoms with Gasteiger partial charge in [-0.2, -0.15) is 5.10 Å². The number of aryl methyl sites for hydroxylation is 2. The number of amides is 1. The molecule has 10 heteroatoms. The van der Waals surface area contributed by atoms with Gasteiger partial charge in [0.2, 0.25) is 10.0 Å². The summed E-state index contributed by atoms with van der Waals surface area (Å²) in [6, 6.07) is 7.86. The molecule has 0 atom stereocenters. The third-order valence-corrected chi connectivity index (χ3v) is 5.94. The first-order valence-electron chi connectivity index (χ1n) is 8.34. The van der Waals surface area contributed by atoms with Crippen LogP contribution in [0.4, 0.5) is 11.5 Å². The van der Waals surface area contributed by atoms with Crippen molar-refractivity contribution in [3.8, 4) is 0 Å². The summed E-state index contributed by atoms with van der Waals surface area (Å²) >= 11 is 0. The number of anilines is 2. The molecule has 1 aliphatic rings. The standard InChI is InChI=1S/C17H20N4O5S/c1-12-9-15(20(2)19-12)18-16(22)11-26-17(23)13-5-3-6-14(10-13)21-7-4-8-27(21,24)25/h3,5-6,9-10H,4,7-8,11H2,1-2H3,(H,18,22). The summed E-state index contributed by atoms with van der Waals surface area (Å²) < 4.78 is 31.8. The Bertz CT molecular complexity index is 983. The zero-order valence-electron chi connectivity index (χ0n) is 15.0. The van der Waals surface area contributed by atoms with Gasteiger partial charge in [-0.05, 0) is 31.5 Å². The first-order chi connectivity index (χ1) is 12.8. The quantitative estimate of drug-likeness (QED) is 0.762. The second-order valence-corrected chi connectivity index (χ2v) is 8.22. The molecular formula is C17H20N4O5S. The smallest absolute Gasteiger partial charge is 0.338 e. The van der Waals surface area contributed by atoms with Crippen LogP contribution in [-0.2, 0) is 26.6 Å². The summed E-state index contributed by atoms with van der Waals surface area (Å²) in [6.07, 6.45) is 0.546. The number of rotatable bonds is 5. The van der Waals surface area contributed by atoms with E-state index >= 15 is 0 Å². The fourth-order valence-electron chi connectivity index (χ4n) is 2.84. The van der Waals surface area contributed by atoms with Gasteiger partial charge in [0.05, 0.1) is 22.7 Å². The Hall–Kier alpha value is -2.88. The van der Waals surface area contributed by atoms with E-state index in [1.165, 1.54) is 21.1 Å². The minimum absolute atomic E-state index is 0.0926. The molecule has 0 aliphatic carbocycles. The monoisotopic (exact) mass is 392 g/mol. The summed E-state index contributed by atoms with van der Waals surface area (Å²) in [4.78, 5) is 24.2. The summed E-state index contributed by atoms with van der Waals surface area (Å²) in [5, 5.41) is 6.71. The molecule has 1 saturated heterocycles. The van der Waals surface area contributed by atoms with Crippen molar-refractivity contribution in [1.82, 2.24) is 9.78 Å². The molecule has 1 amide bonds. The highest BCUT2D eigenvalue weighted by Gasteiger charge is 2.28. The molecule has 1 aromatic heterocycles. The SMILES string of the molecule is Cc1cc(NC(=O)COC(=O)c2cccc(N3CCCS3(=O)=O)c2)n(C)n1. The van der Waals surface area contributed by atoms with E-state index < -0.39 is 28.5 Å². The van der Waals surface area contributed by atoms with Gasteiger partial charge in [-0.3, -0.25) is 13.8 Å². The van der Waals surface area contributed by atoms with E-state index in [0.717, 1.165) is 5.69 Å². The van der Waals surface area contributed by atoms with E-state index in [9.17, 15) is 18.0 Å². The number of esters is 1. The number of ether oxygens (including phenoxy) is 1. The third-order valence-electron chi connectivity index (χ3n) is 4.07. The van der Waals surface area contributed by atoms with Crippen molar-refractivity contribution in [2.24, 2.45) is 7.05 Å². The summed E-state index contributed by atoms with van der Waals surface area (Å²) in [5.74, 6) is -0.612. The lowest BCUT2D eigenvalue weighted by molar-refractivity contribution is -0.119. The van der Waals surface area contributed by atoms with Crippen LogP contribution >= 0.6 is 0 Å². The number of aromatic nitrogens is 2. The highest BCUT2D eigenvalue weighted by Crippen LogP contribution is 2.25. The Morgan fingerprint density at radius 1 is 1.30 bits per heavy atom. The molecule has 2 heterocycles. The van der Waals surface area contributed by atoms with Crippen molar-refractivity contribution in [3.05, 3.63) is 41.6 Å². The maximum Gasteiger partial charge on any atom is 0.338 e. The predicted molar refractivity (Wildman–Crippen MR) is 99.0 cm³/mol. The van der Waals surface area contributed by atoms with Gasteiger partial charge in [0.25, 0.3) is 5.91 Å². The normalized spacial score (nSPS) is 15.6. The average molecular weight is 392 g/mol. The van der Waals surface area contributed by atoms with E-state index in [1.54, 1.807) is 32.2 Å². The zero-order chi connectivity index (χ0) is 19.6. The fourth-order valence-corrected chi connectivity index (χ4v) is 4.39. The second-order valence-electron chi connectivity index (χ2n) is 6.21. The van der Waals surface area contributed by atoms with Gasteiger partial charge in [-0.25, -0.2) is 13.2 Å². The molecule has 144 valence electrons. The molecule has 1 aromatic carbocycles. The number of sulfonamides is 1. The summed E-state index contributed by atoms with van der Waals surface area (Å²) in [5.41, 5.74) is 1.34. The first-order valence-corrected chi connectivity index (χ1v) is 9.95. The van der Waals surface area contributed by atoms with Gasteiger partial charge < -0.3 is 10.1 Å². The molecular weight excluding hydrogens is 372 g/mol. The zero-order valence-corrected chi connectivity index (χ0v) is 15.8. The van der Waals surface area contributed by atoms with Crippen LogP contribution in [0.3, 0.4) is 0 Å². The molecule has 0 unspecified atom stereocenters. The third kappa shape index (κ3) is 4.27. The molecule has 27 heavy (non-hydrogen) atoms. The molecule has 1 aliphatic heterocycles. The van der Waals surface area contributed by atoms with Crippen LogP contribution in [0.25, 0.3) is 0 Å². The first kappa shape index (κ1) is 18.9. The maximum absolute atomic E-state index is 12.2. The van der Waals surface area contributed by atoms with Crippen LogP contribution in [-0.4, -0.2) is 49.0 Å². The van der Waals surface area contributed by atoms with Crippen molar-refractivity contribution >= 4 is 33.4 Å². The van der Waals surface area contributed by atoms with Gasteiger partial charge in [-0.1, -0.05) is 6.07 Å². The number of carbonyl (C=O) groups excluding carboxylic acids is 2. The van der Waals surface area contributed by atoms with Crippen LogP contribution in [0.2, 0.25) is 0 Å². The van der Waals surface area contributed by atoms with Gasteiger partial charge in [0.1, 0.15) is 5.82 Å².